The van der Waals surface area contributed by atoms with E-state index < -0.39 is 0 Å². The van der Waals surface area contributed by atoms with Gasteiger partial charge in [-0.2, -0.15) is 0 Å². The molecule has 0 atom stereocenters. The molecule has 0 unspecified atom stereocenters. The summed E-state index contributed by atoms with van der Waals surface area (Å²) in [5.41, 5.74) is 7.07. The van der Waals surface area contributed by atoms with Gasteiger partial charge in [-0.3, -0.25) is 0 Å². The van der Waals surface area contributed by atoms with E-state index in [1.807, 2.05) is 24.3 Å². The highest BCUT2D eigenvalue weighted by Gasteiger charge is 2.07. The van der Waals surface area contributed by atoms with Gasteiger partial charge in [0.2, 0.25) is 5.89 Å². The van der Waals surface area contributed by atoms with E-state index in [9.17, 15) is 0 Å². The van der Waals surface area contributed by atoms with Gasteiger partial charge in [0.1, 0.15) is 12.4 Å². The normalized spacial score (nSPS) is 10.6. The molecule has 0 aliphatic rings. The Kier molecular flexibility index (Phi) is 4.18. The monoisotopic (exact) mass is 335 g/mol. The third kappa shape index (κ3) is 3.32. The van der Waals surface area contributed by atoms with Crippen LogP contribution in [0.15, 0.2) is 46.9 Å². The van der Waals surface area contributed by atoms with E-state index in [1.165, 1.54) is 0 Å². The fraction of sp³-hybridized carbons (Fsp3) is 0.0667. The summed E-state index contributed by atoms with van der Waals surface area (Å²) in [5.74, 6) is 1.01. The quantitative estimate of drug-likeness (QED) is 0.773. The van der Waals surface area contributed by atoms with E-state index in [2.05, 4.69) is 10.2 Å². The second-order valence-corrected chi connectivity index (χ2v) is 5.32. The summed E-state index contributed by atoms with van der Waals surface area (Å²) < 4.78 is 10.9. The Hall–Kier alpha value is -2.24. The molecule has 0 saturated carbocycles. The summed E-state index contributed by atoms with van der Waals surface area (Å²) in [6.07, 6.45) is 0. The van der Waals surface area contributed by atoms with E-state index in [4.69, 9.17) is 38.1 Å². The molecule has 0 saturated heterocycles. The topological polar surface area (TPSA) is 74.2 Å². The van der Waals surface area contributed by atoms with Gasteiger partial charge >= 0.3 is 6.01 Å². The lowest BCUT2D eigenvalue weighted by Gasteiger charge is -2.08. The predicted octanol–water partition coefficient (Wildman–Crippen LogP) is 4.20. The van der Waals surface area contributed by atoms with Gasteiger partial charge < -0.3 is 14.9 Å². The number of nitrogens with zero attached hydrogens (tertiary/aromatic N) is 2. The van der Waals surface area contributed by atoms with Gasteiger partial charge in [0.25, 0.3) is 0 Å². The first-order valence-corrected chi connectivity index (χ1v) is 7.13. The first kappa shape index (κ1) is 14.7. The van der Waals surface area contributed by atoms with Crippen molar-refractivity contribution in [2.45, 2.75) is 6.61 Å². The number of nitrogen functional groups attached to an aromatic ring is 1. The maximum absolute atomic E-state index is 5.98. The van der Waals surface area contributed by atoms with Gasteiger partial charge in [-0.15, -0.1) is 5.10 Å². The molecule has 3 rings (SSSR count). The molecule has 112 valence electrons. The molecule has 0 aliphatic heterocycles. The highest BCUT2D eigenvalue weighted by atomic mass is 35.5. The van der Waals surface area contributed by atoms with Gasteiger partial charge in [0.05, 0.1) is 10.0 Å². The second kappa shape index (κ2) is 6.25. The molecule has 22 heavy (non-hydrogen) atoms. The van der Waals surface area contributed by atoms with E-state index in [1.54, 1.807) is 18.2 Å². The summed E-state index contributed by atoms with van der Waals surface area (Å²) in [5, 5.41) is 8.48. The third-order valence-corrected chi connectivity index (χ3v) is 3.65. The first-order valence-electron chi connectivity index (χ1n) is 6.38. The fourth-order valence-electron chi connectivity index (χ4n) is 1.87. The Labute approximate surface area is 136 Å². The number of hydrogen-bond donors (Lipinski definition) is 1. The smallest absolute Gasteiger partial charge is 0.313 e. The van der Waals surface area contributed by atoms with Gasteiger partial charge in [-0.05, 0) is 35.9 Å². The molecular formula is C15H11Cl2N3O2. The maximum Gasteiger partial charge on any atom is 0.313 e. The Morgan fingerprint density at radius 3 is 2.64 bits per heavy atom. The van der Waals surface area contributed by atoms with Gasteiger partial charge in [0, 0.05) is 5.56 Å². The molecule has 0 radical (unpaired) electrons. The number of nitrogens with two attached hydrogens (primary N) is 1. The molecule has 2 N–H and O–H groups in total. The molecule has 1 heterocycles. The van der Waals surface area contributed by atoms with Crippen molar-refractivity contribution in [2.75, 3.05) is 5.73 Å². The van der Waals surface area contributed by atoms with E-state index in [0.29, 0.717) is 28.3 Å². The number of anilines is 1. The average Bonchev–Trinajstić information content (AvgIpc) is 2.95. The molecule has 0 aliphatic carbocycles. The van der Waals surface area contributed by atoms with Crippen LogP contribution in [0.1, 0.15) is 5.56 Å². The molecule has 7 heteroatoms. The molecule has 5 nitrogen and oxygen atoms in total. The second-order valence-electron chi connectivity index (χ2n) is 4.51. The minimum absolute atomic E-state index is 0.0251. The summed E-state index contributed by atoms with van der Waals surface area (Å²) in [6, 6.07) is 12.7. The molecule has 1 aromatic heterocycles. The standard InChI is InChI=1S/C15H11Cl2N3O2/c16-12-5-4-9(6-13(12)17)8-21-11-3-1-2-10(7-11)14-19-20-15(18)22-14/h1-7H,8H2,(H2,18,20). The van der Waals surface area contributed by atoms with Gasteiger partial charge in [-0.25, -0.2) is 0 Å². The molecule has 0 bridgehead atoms. The van der Waals surface area contributed by atoms with E-state index in [-0.39, 0.29) is 6.01 Å². The Bertz CT molecular complexity index is 805. The molecule has 0 spiro atoms. The van der Waals surface area contributed by atoms with Crippen LogP contribution in [0.25, 0.3) is 11.5 Å². The van der Waals surface area contributed by atoms with Crippen molar-refractivity contribution < 1.29 is 9.15 Å². The zero-order valence-electron chi connectivity index (χ0n) is 11.3. The zero-order chi connectivity index (χ0) is 15.5. The van der Waals surface area contributed by atoms with Crippen molar-refractivity contribution in [3.8, 4) is 17.2 Å². The molecule has 0 fully saturated rings. The minimum Gasteiger partial charge on any atom is -0.489 e. The number of benzene rings is 2. The molecule has 0 amide bonds. The lowest BCUT2D eigenvalue weighted by Crippen LogP contribution is -1.95. The van der Waals surface area contributed by atoms with Crippen LogP contribution in [0, 0.1) is 0 Å². The molecule has 3 aromatic rings. The van der Waals surface area contributed by atoms with E-state index in [0.717, 1.165) is 11.1 Å². The number of halogens is 2. The van der Waals surface area contributed by atoms with Crippen molar-refractivity contribution in [1.82, 2.24) is 10.2 Å². The van der Waals surface area contributed by atoms with Crippen LogP contribution in [0.3, 0.4) is 0 Å². The summed E-state index contributed by atoms with van der Waals surface area (Å²) in [4.78, 5) is 0. The van der Waals surface area contributed by atoms with E-state index >= 15 is 0 Å². The fourth-order valence-corrected chi connectivity index (χ4v) is 2.19. The van der Waals surface area contributed by atoms with Crippen LogP contribution < -0.4 is 10.5 Å². The molecule has 2 aromatic carbocycles. The third-order valence-electron chi connectivity index (χ3n) is 2.91. The average molecular weight is 336 g/mol. The highest BCUT2D eigenvalue weighted by Crippen LogP contribution is 2.25. The number of hydrogen-bond acceptors (Lipinski definition) is 5. The minimum atomic E-state index is 0.0251. The van der Waals surface area contributed by atoms with Crippen molar-refractivity contribution in [1.29, 1.82) is 0 Å². The summed E-state index contributed by atoms with van der Waals surface area (Å²) in [7, 11) is 0. The van der Waals surface area contributed by atoms with Crippen molar-refractivity contribution in [3.63, 3.8) is 0 Å². The highest BCUT2D eigenvalue weighted by molar-refractivity contribution is 6.42. The number of ether oxygens (including phenoxy) is 1. The zero-order valence-corrected chi connectivity index (χ0v) is 12.8. The largest absolute Gasteiger partial charge is 0.489 e. The SMILES string of the molecule is Nc1nnc(-c2cccc(OCc3ccc(Cl)c(Cl)c3)c2)o1. The Morgan fingerprint density at radius 1 is 1.05 bits per heavy atom. The van der Waals surface area contributed by atoms with Crippen LogP contribution >= 0.6 is 23.2 Å². The van der Waals surface area contributed by atoms with Crippen molar-refractivity contribution >= 4 is 29.2 Å². The van der Waals surface area contributed by atoms with Crippen LogP contribution in [0.2, 0.25) is 10.0 Å². The van der Waals surface area contributed by atoms with Crippen molar-refractivity contribution in [3.05, 3.63) is 58.1 Å². The van der Waals surface area contributed by atoms with Crippen LogP contribution in [-0.4, -0.2) is 10.2 Å². The Morgan fingerprint density at radius 2 is 1.91 bits per heavy atom. The summed E-state index contributed by atoms with van der Waals surface area (Å²) >= 11 is 11.9. The molecular weight excluding hydrogens is 325 g/mol. The Balaban J connectivity index is 1.74. The maximum atomic E-state index is 5.98. The van der Waals surface area contributed by atoms with Gasteiger partial charge in [-0.1, -0.05) is 40.4 Å². The number of rotatable bonds is 4. The van der Waals surface area contributed by atoms with Crippen LogP contribution in [0.5, 0.6) is 5.75 Å². The lowest BCUT2D eigenvalue weighted by atomic mass is 10.2. The van der Waals surface area contributed by atoms with Crippen LogP contribution in [0.4, 0.5) is 6.01 Å². The lowest BCUT2D eigenvalue weighted by molar-refractivity contribution is 0.306. The van der Waals surface area contributed by atoms with Gasteiger partial charge in [0.15, 0.2) is 0 Å². The predicted molar refractivity (Wildman–Crippen MR) is 84.9 cm³/mol. The van der Waals surface area contributed by atoms with Crippen molar-refractivity contribution in [2.24, 2.45) is 0 Å². The number of aromatic nitrogens is 2. The summed E-state index contributed by atoms with van der Waals surface area (Å²) in [6.45, 7) is 0.367. The first-order chi connectivity index (χ1) is 10.6. The van der Waals surface area contributed by atoms with Crippen LogP contribution in [-0.2, 0) is 6.61 Å².